The van der Waals surface area contributed by atoms with Crippen LogP contribution in [0.3, 0.4) is 0 Å². The minimum absolute atomic E-state index is 0.112. The summed E-state index contributed by atoms with van der Waals surface area (Å²) in [6.45, 7) is 1.77. The number of hydrogen-bond acceptors (Lipinski definition) is 5. The van der Waals surface area contributed by atoms with Crippen LogP contribution in [-0.2, 0) is 23.6 Å². The van der Waals surface area contributed by atoms with Crippen LogP contribution in [-0.4, -0.2) is 29.2 Å². The van der Waals surface area contributed by atoms with E-state index in [1.807, 2.05) is 13.0 Å². The predicted octanol–water partition coefficient (Wildman–Crippen LogP) is 3.50. The lowest BCUT2D eigenvalue weighted by molar-refractivity contribution is 0.265. The highest BCUT2D eigenvalue weighted by Gasteiger charge is 2.36. The van der Waals surface area contributed by atoms with Gasteiger partial charge in [0, 0.05) is 20.8 Å². The summed E-state index contributed by atoms with van der Waals surface area (Å²) in [5, 5.41) is 0. The Morgan fingerprint density at radius 1 is 1.00 bits per heavy atom. The standard InChI is InChI=1S/C17H22NO5PS/c1-14-9-11-16(12-10-14)25(20,21)18-13-17(24(19,22-2)23-3)15-7-5-4-6-8-15/h4-12,17-18H,13H2,1-3H3. The van der Waals surface area contributed by atoms with Crippen molar-refractivity contribution in [3.63, 3.8) is 0 Å². The summed E-state index contributed by atoms with van der Waals surface area (Å²) in [5.74, 6) is 0. The molecule has 0 fully saturated rings. The number of benzene rings is 2. The lowest BCUT2D eigenvalue weighted by atomic mass is 10.1. The lowest BCUT2D eigenvalue weighted by Gasteiger charge is -2.25. The van der Waals surface area contributed by atoms with E-state index in [2.05, 4.69) is 4.72 Å². The molecule has 0 aliphatic rings. The van der Waals surface area contributed by atoms with Gasteiger partial charge in [0.15, 0.2) is 0 Å². The van der Waals surface area contributed by atoms with E-state index in [0.29, 0.717) is 5.56 Å². The van der Waals surface area contributed by atoms with Crippen molar-refractivity contribution < 1.29 is 22.0 Å². The molecule has 1 unspecified atom stereocenters. The molecule has 0 aliphatic carbocycles. The van der Waals surface area contributed by atoms with Gasteiger partial charge in [0.1, 0.15) is 0 Å². The third kappa shape index (κ3) is 4.77. The Bertz CT molecular complexity index is 829. The van der Waals surface area contributed by atoms with Crippen molar-refractivity contribution >= 4 is 17.6 Å². The molecule has 1 N–H and O–H groups in total. The lowest BCUT2D eigenvalue weighted by Crippen LogP contribution is -2.29. The molecule has 136 valence electrons. The zero-order valence-corrected chi connectivity index (χ0v) is 16.1. The summed E-state index contributed by atoms with van der Waals surface area (Å²) in [7, 11) is -4.69. The molecule has 0 aromatic heterocycles. The van der Waals surface area contributed by atoms with Gasteiger partial charge >= 0.3 is 7.60 Å². The number of rotatable bonds is 8. The summed E-state index contributed by atoms with van der Waals surface area (Å²) in [4.78, 5) is 0.148. The summed E-state index contributed by atoms with van der Waals surface area (Å²) >= 11 is 0. The van der Waals surface area contributed by atoms with Crippen molar-refractivity contribution in [2.45, 2.75) is 17.5 Å². The number of hydrogen-bond donors (Lipinski definition) is 1. The van der Waals surface area contributed by atoms with E-state index in [0.717, 1.165) is 5.56 Å². The predicted molar refractivity (Wildman–Crippen MR) is 97.2 cm³/mol. The molecule has 2 rings (SSSR count). The summed E-state index contributed by atoms with van der Waals surface area (Å²) in [6.07, 6.45) is 0. The second kappa shape index (κ2) is 8.25. The molecule has 8 heteroatoms. The zero-order chi connectivity index (χ0) is 18.5. The van der Waals surface area contributed by atoms with Crippen LogP contribution in [0, 0.1) is 6.92 Å². The van der Waals surface area contributed by atoms with Crippen LogP contribution >= 0.6 is 7.60 Å². The van der Waals surface area contributed by atoms with Crippen LogP contribution in [0.2, 0.25) is 0 Å². The van der Waals surface area contributed by atoms with E-state index < -0.39 is 23.3 Å². The molecule has 6 nitrogen and oxygen atoms in total. The SMILES string of the molecule is COP(=O)(OC)C(CNS(=O)(=O)c1ccc(C)cc1)c1ccccc1. The van der Waals surface area contributed by atoms with Crippen LogP contribution in [0.1, 0.15) is 16.8 Å². The van der Waals surface area contributed by atoms with Crippen LogP contribution in [0.15, 0.2) is 59.5 Å². The fraction of sp³-hybridized carbons (Fsp3) is 0.294. The van der Waals surface area contributed by atoms with Gasteiger partial charge in [0.05, 0.1) is 10.6 Å². The first-order valence-electron chi connectivity index (χ1n) is 7.65. The van der Waals surface area contributed by atoms with Gasteiger partial charge in [-0.1, -0.05) is 48.0 Å². The van der Waals surface area contributed by atoms with Gasteiger partial charge in [-0.15, -0.1) is 0 Å². The zero-order valence-electron chi connectivity index (χ0n) is 14.4. The quantitative estimate of drug-likeness (QED) is 0.706. The largest absolute Gasteiger partial charge is 0.338 e. The van der Waals surface area contributed by atoms with Gasteiger partial charge in [-0.3, -0.25) is 4.57 Å². The monoisotopic (exact) mass is 383 g/mol. The minimum Gasteiger partial charge on any atom is -0.311 e. The second-order valence-electron chi connectivity index (χ2n) is 5.50. The van der Waals surface area contributed by atoms with Crippen molar-refractivity contribution in [3.05, 3.63) is 65.7 Å². The molecular formula is C17H22NO5PS. The van der Waals surface area contributed by atoms with E-state index >= 15 is 0 Å². The first kappa shape index (κ1) is 19.8. The van der Waals surface area contributed by atoms with Crippen LogP contribution in [0.5, 0.6) is 0 Å². The average molecular weight is 383 g/mol. The highest BCUT2D eigenvalue weighted by Crippen LogP contribution is 2.59. The summed E-state index contributed by atoms with van der Waals surface area (Å²) in [5.41, 5.74) is 0.870. The summed E-state index contributed by atoms with van der Waals surface area (Å²) < 4.78 is 50.6. The Kier molecular flexibility index (Phi) is 6.54. The van der Waals surface area contributed by atoms with E-state index in [1.165, 1.54) is 26.4 Å². The molecule has 25 heavy (non-hydrogen) atoms. The van der Waals surface area contributed by atoms with Gasteiger partial charge in [0.25, 0.3) is 0 Å². The molecular weight excluding hydrogens is 361 g/mol. The number of aryl methyl sites for hydroxylation is 1. The molecule has 0 spiro atoms. The van der Waals surface area contributed by atoms with Crippen molar-refractivity contribution in [3.8, 4) is 0 Å². The number of nitrogens with one attached hydrogen (secondary N) is 1. The van der Waals surface area contributed by atoms with Crippen LogP contribution in [0.25, 0.3) is 0 Å². The molecule has 0 radical (unpaired) electrons. The Labute approximate surface area is 148 Å². The van der Waals surface area contributed by atoms with Gasteiger partial charge < -0.3 is 9.05 Å². The Hall–Kier alpha value is -1.50. The van der Waals surface area contributed by atoms with Crippen molar-refractivity contribution in [1.82, 2.24) is 4.72 Å². The Morgan fingerprint density at radius 2 is 1.56 bits per heavy atom. The molecule has 0 heterocycles. The maximum Gasteiger partial charge on any atom is 0.338 e. The minimum atomic E-state index is -3.74. The molecule has 0 aliphatic heterocycles. The van der Waals surface area contributed by atoms with Gasteiger partial charge in [0.2, 0.25) is 10.0 Å². The van der Waals surface area contributed by atoms with Gasteiger partial charge in [-0.25, -0.2) is 13.1 Å². The van der Waals surface area contributed by atoms with E-state index in [1.54, 1.807) is 36.4 Å². The normalized spacial score (nSPS) is 13.6. The molecule has 0 saturated heterocycles. The van der Waals surface area contributed by atoms with E-state index in [9.17, 15) is 13.0 Å². The van der Waals surface area contributed by atoms with E-state index in [4.69, 9.17) is 9.05 Å². The Balaban J connectivity index is 2.28. The molecule has 0 saturated carbocycles. The highest BCUT2D eigenvalue weighted by atomic mass is 32.2. The molecule has 0 amide bonds. The summed E-state index contributed by atoms with van der Waals surface area (Å²) in [6, 6.07) is 15.4. The molecule has 0 bridgehead atoms. The molecule has 2 aromatic rings. The topological polar surface area (TPSA) is 81.7 Å². The average Bonchev–Trinajstić information content (AvgIpc) is 2.62. The Morgan fingerprint density at radius 3 is 2.08 bits per heavy atom. The third-order valence-corrected chi connectivity index (χ3v) is 7.57. The van der Waals surface area contributed by atoms with Gasteiger partial charge in [-0.2, -0.15) is 0 Å². The van der Waals surface area contributed by atoms with Crippen molar-refractivity contribution in [2.24, 2.45) is 0 Å². The maximum absolute atomic E-state index is 12.9. The molecule has 2 aromatic carbocycles. The van der Waals surface area contributed by atoms with Gasteiger partial charge in [-0.05, 0) is 24.6 Å². The van der Waals surface area contributed by atoms with Crippen molar-refractivity contribution in [2.75, 3.05) is 20.8 Å². The fourth-order valence-electron chi connectivity index (χ4n) is 2.41. The van der Waals surface area contributed by atoms with Crippen LogP contribution < -0.4 is 4.72 Å². The van der Waals surface area contributed by atoms with Crippen molar-refractivity contribution in [1.29, 1.82) is 0 Å². The maximum atomic E-state index is 12.9. The van der Waals surface area contributed by atoms with E-state index in [-0.39, 0.29) is 11.4 Å². The molecule has 1 atom stereocenters. The van der Waals surface area contributed by atoms with Crippen LogP contribution in [0.4, 0.5) is 0 Å². The highest BCUT2D eigenvalue weighted by molar-refractivity contribution is 7.89. The first-order valence-corrected chi connectivity index (χ1v) is 10.7. The second-order valence-corrected chi connectivity index (χ2v) is 9.70. The number of sulfonamides is 1. The smallest absolute Gasteiger partial charge is 0.311 e. The fourth-order valence-corrected chi connectivity index (χ4v) is 5.09. The third-order valence-electron chi connectivity index (χ3n) is 3.87. The first-order chi connectivity index (χ1) is 11.8.